The molecule has 94 heavy (non-hydrogen) atoms. The molecule has 0 bridgehead atoms. The van der Waals surface area contributed by atoms with Crippen molar-refractivity contribution in [2.45, 2.75) is 418 Å². The Bertz CT molecular complexity index is 1790. The van der Waals surface area contributed by atoms with E-state index >= 15 is 0 Å². The average molecular weight is 1380 g/mol. The largest absolute Gasteiger partial charge is 0.472 e. The molecule has 0 saturated heterocycles. The lowest BCUT2D eigenvalue weighted by Gasteiger charge is -2.21. The van der Waals surface area contributed by atoms with E-state index in [-0.39, 0.29) is 25.7 Å². The van der Waals surface area contributed by atoms with Gasteiger partial charge in [0.25, 0.3) is 0 Å². The number of hydrogen-bond acceptors (Lipinski definition) is 15. The second kappa shape index (κ2) is 69.5. The lowest BCUT2D eigenvalue weighted by Crippen LogP contribution is -2.30. The van der Waals surface area contributed by atoms with Gasteiger partial charge in [-0.3, -0.25) is 37.3 Å². The molecule has 0 aliphatic heterocycles. The number of aliphatic hydroxyl groups excluding tert-OH is 1. The number of esters is 4. The SMILES string of the molecule is CCCCCCCCCCCCCCCCCCCCCCCC(=O)O[C@H](COC(=O)CCCCCCCCCCCCCCCCCCC)COP(=O)(O)OC[C@@H](O)COP(=O)(O)OC[C@@H](COC(=O)CCCCCCC)OC(=O)CCCCCCCCCCCCC. The van der Waals surface area contributed by atoms with Crippen molar-refractivity contribution in [2.24, 2.45) is 0 Å². The molecule has 0 aromatic heterocycles. The molecule has 0 amide bonds. The fourth-order valence-corrected chi connectivity index (χ4v) is 13.2. The molecular formula is C75H146O17P2. The Kier molecular flexibility index (Phi) is 68.1. The van der Waals surface area contributed by atoms with E-state index in [2.05, 4.69) is 27.7 Å². The second-order valence-electron chi connectivity index (χ2n) is 27.0. The van der Waals surface area contributed by atoms with Crippen LogP contribution in [-0.2, 0) is 65.4 Å². The van der Waals surface area contributed by atoms with Gasteiger partial charge in [-0.1, -0.05) is 349 Å². The summed E-state index contributed by atoms with van der Waals surface area (Å²) in [5, 5.41) is 10.6. The molecule has 17 nitrogen and oxygen atoms in total. The van der Waals surface area contributed by atoms with Crippen molar-refractivity contribution in [3.63, 3.8) is 0 Å². The van der Waals surface area contributed by atoms with Crippen molar-refractivity contribution in [3.8, 4) is 0 Å². The third-order valence-electron chi connectivity index (χ3n) is 17.6. The smallest absolute Gasteiger partial charge is 0.462 e. The highest BCUT2D eigenvalue weighted by Gasteiger charge is 2.30. The summed E-state index contributed by atoms with van der Waals surface area (Å²) < 4.78 is 68.2. The summed E-state index contributed by atoms with van der Waals surface area (Å²) in [6, 6.07) is 0. The molecule has 0 aliphatic rings. The zero-order valence-electron chi connectivity index (χ0n) is 60.9. The lowest BCUT2D eigenvalue weighted by atomic mass is 10.0. The molecule has 0 aromatic carbocycles. The minimum atomic E-state index is -4.95. The molecule has 0 rings (SSSR count). The van der Waals surface area contributed by atoms with Gasteiger partial charge in [0.15, 0.2) is 12.2 Å². The maximum Gasteiger partial charge on any atom is 0.472 e. The quantitative estimate of drug-likeness (QED) is 0.0222. The van der Waals surface area contributed by atoms with Gasteiger partial charge in [0.1, 0.15) is 19.3 Å². The van der Waals surface area contributed by atoms with Crippen molar-refractivity contribution >= 4 is 39.5 Å². The van der Waals surface area contributed by atoms with Crippen LogP contribution in [-0.4, -0.2) is 96.7 Å². The van der Waals surface area contributed by atoms with Gasteiger partial charge in [-0.25, -0.2) is 9.13 Å². The number of rotatable bonds is 76. The first-order valence-electron chi connectivity index (χ1n) is 39.3. The summed E-state index contributed by atoms with van der Waals surface area (Å²) in [7, 11) is -9.89. The van der Waals surface area contributed by atoms with Crippen LogP contribution < -0.4 is 0 Å². The van der Waals surface area contributed by atoms with Crippen LogP contribution in [0, 0.1) is 0 Å². The molecule has 5 atom stereocenters. The molecular weight excluding hydrogens is 1230 g/mol. The van der Waals surface area contributed by atoms with Gasteiger partial charge in [0.2, 0.25) is 0 Å². The Morgan fingerprint density at radius 1 is 0.255 bits per heavy atom. The van der Waals surface area contributed by atoms with Gasteiger partial charge >= 0.3 is 39.5 Å². The van der Waals surface area contributed by atoms with Gasteiger partial charge in [0.05, 0.1) is 26.4 Å². The Labute approximate surface area is 575 Å². The van der Waals surface area contributed by atoms with Crippen molar-refractivity contribution in [3.05, 3.63) is 0 Å². The summed E-state index contributed by atoms with van der Waals surface area (Å²) in [5.41, 5.74) is 0. The summed E-state index contributed by atoms with van der Waals surface area (Å²) in [5.74, 6) is -2.13. The fourth-order valence-electron chi connectivity index (χ4n) is 11.6. The molecule has 0 aromatic rings. The molecule has 0 radical (unpaired) electrons. The summed E-state index contributed by atoms with van der Waals surface area (Å²) in [4.78, 5) is 72.4. The summed E-state index contributed by atoms with van der Waals surface area (Å²) >= 11 is 0. The Morgan fingerprint density at radius 3 is 0.628 bits per heavy atom. The molecule has 0 spiro atoms. The minimum Gasteiger partial charge on any atom is -0.462 e. The molecule has 0 fully saturated rings. The highest BCUT2D eigenvalue weighted by atomic mass is 31.2. The van der Waals surface area contributed by atoms with E-state index in [4.69, 9.17) is 37.0 Å². The molecule has 0 saturated carbocycles. The highest BCUT2D eigenvalue weighted by Crippen LogP contribution is 2.45. The zero-order chi connectivity index (χ0) is 69.0. The zero-order valence-corrected chi connectivity index (χ0v) is 62.7. The van der Waals surface area contributed by atoms with E-state index in [9.17, 15) is 43.2 Å². The van der Waals surface area contributed by atoms with Crippen LogP contribution >= 0.6 is 15.6 Å². The first kappa shape index (κ1) is 92.1. The molecule has 558 valence electrons. The maximum absolute atomic E-state index is 13.1. The van der Waals surface area contributed by atoms with Crippen LogP contribution in [0.5, 0.6) is 0 Å². The summed E-state index contributed by atoms with van der Waals surface area (Å²) in [6.45, 7) is 4.89. The van der Waals surface area contributed by atoms with E-state index in [1.165, 1.54) is 225 Å². The number of carbonyl (C=O) groups is 4. The first-order valence-corrected chi connectivity index (χ1v) is 42.3. The number of carbonyl (C=O) groups excluding carboxylic acids is 4. The standard InChI is InChI=1S/C75H146O17P2/c1-5-9-13-17-20-23-26-28-30-32-33-34-35-37-39-41-44-47-50-54-58-62-75(80)92-71(66-86-73(78)60-56-52-48-45-43-40-38-36-31-29-27-24-21-18-14-10-6-2)68-90-94(83,84)88-64-69(76)63-87-93(81,82)89-67-70(65-85-72(77)59-55-51-16-12-8-4)91-74(79)61-57-53-49-46-42-25-22-19-15-11-7-3/h69-71,76H,5-68H2,1-4H3,(H,81,82)(H,83,84)/t69-,70+,71+/m0/s1. The van der Waals surface area contributed by atoms with Crippen LogP contribution in [0.1, 0.15) is 400 Å². The molecule has 3 N–H and O–H groups in total. The van der Waals surface area contributed by atoms with Crippen LogP contribution in [0.3, 0.4) is 0 Å². The van der Waals surface area contributed by atoms with Gasteiger partial charge in [0, 0.05) is 25.7 Å². The van der Waals surface area contributed by atoms with Crippen molar-refractivity contribution < 1.29 is 80.2 Å². The Hall–Kier alpha value is -1.94. The Balaban J connectivity index is 5.11. The second-order valence-corrected chi connectivity index (χ2v) is 29.9. The predicted molar refractivity (Wildman–Crippen MR) is 382 cm³/mol. The molecule has 2 unspecified atom stereocenters. The third-order valence-corrected chi connectivity index (χ3v) is 19.5. The topological polar surface area (TPSA) is 237 Å². The monoisotopic (exact) mass is 1380 g/mol. The molecule has 0 aliphatic carbocycles. The first-order chi connectivity index (χ1) is 45.7. The lowest BCUT2D eigenvalue weighted by molar-refractivity contribution is -0.161. The maximum atomic E-state index is 13.1. The number of phosphoric acid groups is 2. The van der Waals surface area contributed by atoms with Crippen LogP contribution in [0.4, 0.5) is 0 Å². The Morgan fingerprint density at radius 2 is 0.426 bits per heavy atom. The van der Waals surface area contributed by atoms with Gasteiger partial charge in [-0.15, -0.1) is 0 Å². The normalized spacial score (nSPS) is 13.9. The van der Waals surface area contributed by atoms with Crippen LogP contribution in [0.25, 0.3) is 0 Å². The third kappa shape index (κ3) is 68.6. The minimum absolute atomic E-state index is 0.107. The number of unbranched alkanes of at least 4 members (excludes halogenated alkanes) is 50. The van der Waals surface area contributed by atoms with E-state index in [1.54, 1.807) is 0 Å². The number of phosphoric ester groups is 2. The molecule has 0 heterocycles. The van der Waals surface area contributed by atoms with Crippen molar-refractivity contribution in [1.29, 1.82) is 0 Å². The van der Waals surface area contributed by atoms with E-state index < -0.39 is 97.5 Å². The van der Waals surface area contributed by atoms with Crippen molar-refractivity contribution in [1.82, 2.24) is 0 Å². The number of ether oxygens (including phenoxy) is 4. The summed E-state index contributed by atoms with van der Waals surface area (Å²) in [6.07, 6.45) is 60.2. The van der Waals surface area contributed by atoms with Crippen molar-refractivity contribution in [2.75, 3.05) is 39.6 Å². The number of hydrogen-bond donors (Lipinski definition) is 3. The van der Waals surface area contributed by atoms with Gasteiger partial charge in [-0.05, 0) is 25.7 Å². The van der Waals surface area contributed by atoms with E-state index in [0.717, 1.165) is 96.3 Å². The fraction of sp³-hybridized carbons (Fsp3) is 0.947. The van der Waals surface area contributed by atoms with Crippen LogP contribution in [0.2, 0.25) is 0 Å². The van der Waals surface area contributed by atoms with Gasteiger partial charge < -0.3 is 33.8 Å². The number of aliphatic hydroxyl groups is 1. The average Bonchev–Trinajstić information content (AvgIpc) is 1.27. The predicted octanol–water partition coefficient (Wildman–Crippen LogP) is 22.2. The van der Waals surface area contributed by atoms with E-state index in [0.29, 0.717) is 25.7 Å². The highest BCUT2D eigenvalue weighted by molar-refractivity contribution is 7.47. The van der Waals surface area contributed by atoms with E-state index in [1.807, 2.05) is 0 Å². The molecule has 19 heteroatoms. The van der Waals surface area contributed by atoms with Crippen LogP contribution in [0.15, 0.2) is 0 Å². The van der Waals surface area contributed by atoms with Gasteiger partial charge in [-0.2, -0.15) is 0 Å².